The number of rotatable bonds is 3. The van der Waals surface area contributed by atoms with Gasteiger partial charge in [0.1, 0.15) is 0 Å². The molecule has 1 aliphatic carbocycles. The fourth-order valence-corrected chi connectivity index (χ4v) is 4.10. The van der Waals surface area contributed by atoms with Crippen LogP contribution >= 0.6 is 0 Å². The smallest absolute Gasteiger partial charge is 0.253 e. The Morgan fingerprint density at radius 2 is 1.70 bits per heavy atom. The summed E-state index contributed by atoms with van der Waals surface area (Å²) in [6.07, 6.45) is 3.21. The number of aromatic nitrogens is 2. The highest BCUT2D eigenvalue weighted by molar-refractivity contribution is 7.89. The number of amides is 1. The van der Waals surface area contributed by atoms with Crippen molar-refractivity contribution >= 4 is 21.7 Å². The van der Waals surface area contributed by atoms with Crippen molar-refractivity contribution in [2.24, 2.45) is 5.14 Å². The first-order chi connectivity index (χ1) is 12.9. The van der Waals surface area contributed by atoms with E-state index in [-0.39, 0.29) is 10.8 Å². The number of sulfonamides is 1. The van der Waals surface area contributed by atoms with E-state index in [1.165, 1.54) is 29.8 Å². The van der Waals surface area contributed by atoms with Gasteiger partial charge < -0.3 is 9.80 Å². The van der Waals surface area contributed by atoms with Crippen LogP contribution in [0.4, 0.5) is 5.82 Å². The third kappa shape index (κ3) is 3.65. The summed E-state index contributed by atoms with van der Waals surface area (Å²) in [4.78, 5) is 16.6. The Morgan fingerprint density at radius 1 is 1.00 bits per heavy atom. The van der Waals surface area contributed by atoms with Gasteiger partial charge in [-0.1, -0.05) is 0 Å². The lowest BCUT2D eigenvalue weighted by Gasteiger charge is -2.35. The number of nitrogens with two attached hydrogens (primary N) is 1. The van der Waals surface area contributed by atoms with Crippen molar-refractivity contribution in [3.05, 3.63) is 47.2 Å². The van der Waals surface area contributed by atoms with Crippen LogP contribution in [0.1, 0.15) is 28.0 Å². The van der Waals surface area contributed by atoms with Crippen LogP contribution in [0.25, 0.3) is 0 Å². The quantitative estimate of drug-likeness (QED) is 0.825. The molecule has 1 saturated heterocycles. The van der Waals surface area contributed by atoms with Gasteiger partial charge in [0.15, 0.2) is 5.82 Å². The molecule has 0 spiro atoms. The van der Waals surface area contributed by atoms with Gasteiger partial charge in [0.25, 0.3) is 5.91 Å². The lowest BCUT2D eigenvalue weighted by Crippen LogP contribution is -2.49. The number of benzene rings is 1. The number of carbonyl (C=O) groups is 1. The van der Waals surface area contributed by atoms with Gasteiger partial charge in [-0.25, -0.2) is 13.6 Å². The molecule has 1 aromatic carbocycles. The van der Waals surface area contributed by atoms with Gasteiger partial charge in [0, 0.05) is 31.7 Å². The summed E-state index contributed by atoms with van der Waals surface area (Å²) in [5.74, 6) is 0.760. The molecule has 2 aliphatic rings. The van der Waals surface area contributed by atoms with Crippen molar-refractivity contribution in [2.45, 2.75) is 24.2 Å². The molecule has 1 fully saturated rings. The number of piperazine rings is 1. The summed E-state index contributed by atoms with van der Waals surface area (Å²) in [6.45, 7) is 2.53. The summed E-state index contributed by atoms with van der Waals surface area (Å²) in [5.41, 5.74) is 2.84. The van der Waals surface area contributed by atoms with Crippen molar-refractivity contribution in [3.63, 3.8) is 0 Å². The topological polar surface area (TPSA) is 109 Å². The second-order valence-corrected chi connectivity index (χ2v) is 8.44. The molecular formula is C18H21N5O3S. The lowest BCUT2D eigenvalue weighted by molar-refractivity contribution is 0.0746. The number of carbonyl (C=O) groups excluding carboxylic acids is 1. The molecule has 0 atom stereocenters. The summed E-state index contributed by atoms with van der Waals surface area (Å²) in [5, 5.41) is 13.8. The van der Waals surface area contributed by atoms with Gasteiger partial charge in [-0.15, -0.1) is 5.10 Å². The third-order valence-electron chi connectivity index (χ3n) is 5.13. The second-order valence-electron chi connectivity index (χ2n) is 6.88. The third-order valence-corrected chi connectivity index (χ3v) is 6.06. The van der Waals surface area contributed by atoms with Gasteiger partial charge in [0.05, 0.1) is 10.6 Å². The minimum Gasteiger partial charge on any atom is -0.352 e. The molecule has 0 radical (unpaired) electrons. The molecule has 27 heavy (non-hydrogen) atoms. The molecule has 0 saturated carbocycles. The van der Waals surface area contributed by atoms with Crippen LogP contribution in [-0.2, 0) is 22.9 Å². The minimum atomic E-state index is -3.76. The zero-order valence-corrected chi connectivity index (χ0v) is 15.7. The van der Waals surface area contributed by atoms with Gasteiger partial charge >= 0.3 is 0 Å². The molecule has 142 valence electrons. The minimum absolute atomic E-state index is 0.000877. The first-order valence-electron chi connectivity index (χ1n) is 8.94. The Bertz CT molecular complexity index is 967. The van der Waals surface area contributed by atoms with E-state index in [1.807, 2.05) is 0 Å². The van der Waals surface area contributed by atoms with Crippen molar-refractivity contribution in [1.82, 2.24) is 15.1 Å². The average molecular weight is 387 g/mol. The molecule has 2 aromatic rings. The first-order valence-corrected chi connectivity index (χ1v) is 10.5. The highest BCUT2D eigenvalue weighted by Crippen LogP contribution is 2.23. The van der Waals surface area contributed by atoms with E-state index in [4.69, 9.17) is 5.14 Å². The number of nitrogens with zero attached hydrogens (tertiary/aromatic N) is 4. The fourth-order valence-electron chi connectivity index (χ4n) is 3.58. The van der Waals surface area contributed by atoms with Crippen molar-refractivity contribution in [1.29, 1.82) is 0 Å². The maximum absolute atomic E-state index is 12.7. The Labute approximate surface area is 158 Å². The molecule has 2 N–H and O–H groups in total. The maximum atomic E-state index is 12.7. The van der Waals surface area contributed by atoms with E-state index in [2.05, 4.69) is 21.2 Å². The first kappa shape index (κ1) is 17.9. The summed E-state index contributed by atoms with van der Waals surface area (Å²) in [7, 11) is -3.76. The fraction of sp³-hybridized carbons (Fsp3) is 0.389. The Hall–Kier alpha value is -2.52. The number of fused-ring (bicyclic) bond motifs is 1. The SMILES string of the molecule is NS(=O)(=O)c1ccc(C(=O)N2CCN(c3cc4c(nn3)CCC4)CC2)cc1. The van der Waals surface area contributed by atoms with Crippen LogP contribution in [0.5, 0.6) is 0 Å². The highest BCUT2D eigenvalue weighted by Gasteiger charge is 2.24. The van der Waals surface area contributed by atoms with Crippen LogP contribution < -0.4 is 10.0 Å². The second kappa shape index (κ2) is 6.90. The standard InChI is InChI=1S/C18H21N5O3S/c19-27(25,26)15-6-4-13(5-7-15)18(24)23-10-8-22(9-11-23)17-12-14-2-1-3-16(14)20-21-17/h4-7,12H,1-3,8-11H2,(H2,19,25,26). The molecule has 1 amide bonds. The predicted octanol–water partition coefficient (Wildman–Crippen LogP) is 0.575. The van der Waals surface area contributed by atoms with Crippen molar-refractivity contribution in [3.8, 4) is 0 Å². The van der Waals surface area contributed by atoms with E-state index in [0.29, 0.717) is 31.7 Å². The molecule has 0 unspecified atom stereocenters. The van der Waals surface area contributed by atoms with Crippen molar-refractivity contribution < 1.29 is 13.2 Å². The van der Waals surface area contributed by atoms with E-state index in [1.54, 1.807) is 4.90 Å². The summed E-state index contributed by atoms with van der Waals surface area (Å²) >= 11 is 0. The van der Waals surface area contributed by atoms with Gasteiger partial charge in [-0.3, -0.25) is 4.79 Å². The number of anilines is 1. The van der Waals surface area contributed by atoms with E-state index in [0.717, 1.165) is 30.8 Å². The van der Waals surface area contributed by atoms with Crippen LogP contribution in [0.15, 0.2) is 35.2 Å². The number of hydrogen-bond donors (Lipinski definition) is 1. The van der Waals surface area contributed by atoms with Crippen LogP contribution in [0.3, 0.4) is 0 Å². The zero-order valence-electron chi connectivity index (χ0n) is 14.8. The Morgan fingerprint density at radius 3 is 2.37 bits per heavy atom. The predicted molar refractivity (Wildman–Crippen MR) is 100.0 cm³/mol. The number of primary sulfonamides is 1. The normalized spacial score (nSPS) is 17.1. The number of hydrogen-bond acceptors (Lipinski definition) is 6. The highest BCUT2D eigenvalue weighted by atomic mass is 32.2. The average Bonchev–Trinajstić information content (AvgIpc) is 3.15. The van der Waals surface area contributed by atoms with E-state index >= 15 is 0 Å². The monoisotopic (exact) mass is 387 g/mol. The molecule has 9 heteroatoms. The maximum Gasteiger partial charge on any atom is 0.253 e. The molecule has 2 heterocycles. The van der Waals surface area contributed by atoms with Crippen molar-refractivity contribution in [2.75, 3.05) is 31.1 Å². The zero-order chi connectivity index (χ0) is 19.0. The van der Waals surface area contributed by atoms with Crippen LogP contribution in [0, 0.1) is 0 Å². The van der Waals surface area contributed by atoms with E-state index < -0.39 is 10.0 Å². The Balaban J connectivity index is 1.41. The molecule has 1 aliphatic heterocycles. The van der Waals surface area contributed by atoms with Gasteiger partial charge in [0.2, 0.25) is 10.0 Å². The molecule has 4 rings (SSSR count). The number of aryl methyl sites for hydroxylation is 2. The molecule has 8 nitrogen and oxygen atoms in total. The van der Waals surface area contributed by atoms with E-state index in [9.17, 15) is 13.2 Å². The van der Waals surface area contributed by atoms with Crippen LogP contribution in [0.2, 0.25) is 0 Å². The van der Waals surface area contributed by atoms with Gasteiger partial charge in [-0.05, 0) is 55.2 Å². The molecular weight excluding hydrogens is 366 g/mol. The summed E-state index contributed by atoms with van der Waals surface area (Å²) in [6, 6.07) is 7.84. The summed E-state index contributed by atoms with van der Waals surface area (Å²) < 4.78 is 22.6. The molecule has 0 bridgehead atoms. The largest absolute Gasteiger partial charge is 0.352 e. The Kier molecular flexibility index (Phi) is 4.56. The molecule has 1 aromatic heterocycles. The lowest BCUT2D eigenvalue weighted by atomic mass is 10.1. The van der Waals surface area contributed by atoms with Gasteiger partial charge in [-0.2, -0.15) is 5.10 Å². The van der Waals surface area contributed by atoms with Crippen LogP contribution in [-0.4, -0.2) is 55.6 Å².